The summed E-state index contributed by atoms with van der Waals surface area (Å²) in [7, 11) is 0. The second-order valence-electron chi connectivity index (χ2n) is 7.61. The molecule has 10 nitrogen and oxygen atoms in total. The third kappa shape index (κ3) is 3.62. The molecule has 2 aromatic heterocycles. The molecule has 0 aliphatic heterocycles. The number of aryl methyl sites for hydroxylation is 1. The molecule has 0 unspecified atom stereocenters. The molecule has 10 heteroatoms. The summed E-state index contributed by atoms with van der Waals surface area (Å²) in [6.45, 7) is 1.82. The lowest BCUT2D eigenvalue weighted by Gasteiger charge is -2.37. The molecule has 28 heavy (non-hydrogen) atoms. The zero-order valence-corrected chi connectivity index (χ0v) is 15.3. The number of hydrogen-bond donors (Lipinski definition) is 4. The molecule has 2 heterocycles. The molecule has 2 aromatic rings. The minimum atomic E-state index is -0.641. The highest BCUT2D eigenvalue weighted by atomic mass is 16.5. The molecule has 4 N–H and O–H groups in total. The Labute approximate surface area is 159 Å². The van der Waals surface area contributed by atoms with Gasteiger partial charge in [0.15, 0.2) is 5.76 Å². The highest BCUT2D eigenvalue weighted by molar-refractivity contribution is 5.90. The zero-order chi connectivity index (χ0) is 19.9. The first-order valence-electron chi connectivity index (χ1n) is 9.21. The fourth-order valence-corrected chi connectivity index (χ4v) is 3.54. The van der Waals surface area contributed by atoms with Crippen molar-refractivity contribution in [2.24, 2.45) is 0 Å². The summed E-state index contributed by atoms with van der Waals surface area (Å²) >= 11 is 0. The Morgan fingerprint density at radius 2 is 1.89 bits per heavy atom. The average molecular weight is 387 g/mol. The quantitative estimate of drug-likeness (QED) is 0.520. The van der Waals surface area contributed by atoms with Crippen LogP contribution in [0.15, 0.2) is 26.2 Å². The van der Waals surface area contributed by atoms with Crippen molar-refractivity contribution in [1.82, 2.24) is 25.8 Å². The topological polar surface area (TPSA) is 150 Å². The van der Waals surface area contributed by atoms with Crippen molar-refractivity contribution in [3.63, 3.8) is 0 Å². The van der Waals surface area contributed by atoms with Gasteiger partial charge in [-0.2, -0.15) is 0 Å². The Balaban J connectivity index is 1.25. The largest absolute Gasteiger partial charge is 0.360 e. The molecule has 0 radical (unpaired) electrons. The van der Waals surface area contributed by atoms with E-state index in [9.17, 15) is 19.2 Å². The van der Waals surface area contributed by atoms with Crippen LogP contribution < -0.4 is 21.9 Å². The zero-order valence-electron chi connectivity index (χ0n) is 15.3. The van der Waals surface area contributed by atoms with E-state index in [1.807, 2.05) is 6.92 Å². The Hall–Kier alpha value is -3.17. The summed E-state index contributed by atoms with van der Waals surface area (Å²) in [5, 5.41) is 9.73. The Bertz CT molecular complexity index is 997. The molecule has 0 spiro atoms. The molecule has 2 aliphatic carbocycles. The van der Waals surface area contributed by atoms with Crippen molar-refractivity contribution in [3.05, 3.63) is 50.1 Å². The summed E-state index contributed by atoms with van der Waals surface area (Å²) in [6, 6.07) is 2.94. The molecule has 4 rings (SSSR count). The Morgan fingerprint density at radius 3 is 2.50 bits per heavy atom. The van der Waals surface area contributed by atoms with E-state index in [1.165, 1.54) is 6.07 Å². The van der Waals surface area contributed by atoms with Gasteiger partial charge in [0.25, 0.3) is 5.56 Å². The summed E-state index contributed by atoms with van der Waals surface area (Å²) in [4.78, 5) is 51.7. The third-order valence-corrected chi connectivity index (χ3v) is 5.29. The number of H-pyrrole nitrogens is 2. The van der Waals surface area contributed by atoms with Gasteiger partial charge >= 0.3 is 5.69 Å². The van der Waals surface area contributed by atoms with Crippen molar-refractivity contribution < 1.29 is 14.1 Å². The molecule has 2 aliphatic rings. The van der Waals surface area contributed by atoms with Crippen LogP contribution in [0.2, 0.25) is 0 Å². The Morgan fingerprint density at radius 1 is 1.18 bits per heavy atom. The molecule has 0 atom stereocenters. The molecule has 2 amide bonds. The highest BCUT2D eigenvalue weighted by Crippen LogP contribution is 2.48. The van der Waals surface area contributed by atoms with Gasteiger partial charge in [0.05, 0.1) is 12.1 Å². The molecule has 2 fully saturated rings. The SMILES string of the molecule is Cc1cc(C2(C(=O)NC3CC(NC(=O)Cc4cc(=O)[nH]c(=O)[nH]4)C3)CC2)on1. The van der Waals surface area contributed by atoms with Crippen LogP contribution in [0.5, 0.6) is 0 Å². The van der Waals surface area contributed by atoms with Gasteiger partial charge in [0.2, 0.25) is 11.8 Å². The number of nitrogens with zero attached hydrogens (tertiary/aromatic N) is 1. The van der Waals surface area contributed by atoms with E-state index >= 15 is 0 Å². The van der Waals surface area contributed by atoms with Crippen LogP contribution in [-0.4, -0.2) is 39.0 Å². The predicted octanol–water partition coefficient (Wildman–Crippen LogP) is -0.603. The van der Waals surface area contributed by atoms with Crippen molar-refractivity contribution in [3.8, 4) is 0 Å². The monoisotopic (exact) mass is 387 g/mol. The van der Waals surface area contributed by atoms with Gasteiger partial charge in [-0.25, -0.2) is 4.79 Å². The maximum atomic E-state index is 12.6. The van der Waals surface area contributed by atoms with Gasteiger partial charge in [-0.15, -0.1) is 0 Å². The van der Waals surface area contributed by atoms with Crippen LogP contribution in [0.4, 0.5) is 0 Å². The van der Waals surface area contributed by atoms with E-state index in [0.29, 0.717) is 18.6 Å². The molecular formula is C18H21N5O5. The fourth-order valence-electron chi connectivity index (χ4n) is 3.54. The van der Waals surface area contributed by atoms with E-state index in [-0.39, 0.29) is 36.0 Å². The van der Waals surface area contributed by atoms with Crippen LogP contribution in [0.3, 0.4) is 0 Å². The van der Waals surface area contributed by atoms with Crippen molar-refractivity contribution >= 4 is 11.8 Å². The summed E-state index contributed by atoms with van der Waals surface area (Å²) < 4.78 is 5.28. The van der Waals surface area contributed by atoms with E-state index in [4.69, 9.17) is 4.52 Å². The average Bonchev–Trinajstić information content (AvgIpc) is 3.27. The summed E-state index contributed by atoms with van der Waals surface area (Å²) in [5.41, 5.74) is -0.774. The van der Waals surface area contributed by atoms with Crippen LogP contribution >= 0.6 is 0 Å². The standard InChI is InChI=1S/C18H21N5O5/c1-9-4-13(28-23-9)18(2-3-18)16(26)20-11-5-10(6-11)19-14(24)7-12-8-15(25)22-17(27)21-12/h4,8,10-11H,2-3,5-7H2,1H3,(H,19,24)(H,20,26)(H2,21,22,25,27). The maximum absolute atomic E-state index is 12.6. The van der Waals surface area contributed by atoms with Crippen LogP contribution in [0, 0.1) is 6.92 Å². The van der Waals surface area contributed by atoms with Crippen molar-refractivity contribution in [1.29, 1.82) is 0 Å². The lowest BCUT2D eigenvalue weighted by Crippen LogP contribution is -2.55. The maximum Gasteiger partial charge on any atom is 0.325 e. The number of rotatable bonds is 6. The number of aromatic amines is 2. The van der Waals surface area contributed by atoms with E-state index in [1.54, 1.807) is 6.07 Å². The van der Waals surface area contributed by atoms with E-state index in [2.05, 4.69) is 25.8 Å². The van der Waals surface area contributed by atoms with Crippen molar-refractivity contribution in [2.75, 3.05) is 0 Å². The lowest BCUT2D eigenvalue weighted by molar-refractivity contribution is -0.125. The number of amides is 2. The predicted molar refractivity (Wildman–Crippen MR) is 96.6 cm³/mol. The number of hydrogen-bond acceptors (Lipinski definition) is 6. The first kappa shape index (κ1) is 18.2. The number of aromatic nitrogens is 3. The first-order chi connectivity index (χ1) is 13.3. The number of nitrogens with one attached hydrogen (secondary N) is 4. The normalized spacial score (nSPS) is 22.2. The van der Waals surface area contributed by atoms with Gasteiger partial charge in [0.1, 0.15) is 5.41 Å². The first-order valence-corrected chi connectivity index (χ1v) is 9.21. The molecule has 148 valence electrons. The van der Waals surface area contributed by atoms with Crippen molar-refractivity contribution in [2.45, 2.75) is 56.5 Å². The number of carbonyl (C=O) groups is 2. The van der Waals surface area contributed by atoms with Gasteiger partial charge < -0.3 is 20.1 Å². The van der Waals surface area contributed by atoms with Gasteiger partial charge in [-0.1, -0.05) is 5.16 Å². The lowest BCUT2D eigenvalue weighted by atomic mass is 9.85. The second kappa shape index (κ2) is 6.77. The Kier molecular flexibility index (Phi) is 4.40. The smallest absolute Gasteiger partial charge is 0.325 e. The van der Waals surface area contributed by atoms with Crippen LogP contribution in [-0.2, 0) is 21.4 Å². The highest BCUT2D eigenvalue weighted by Gasteiger charge is 2.55. The minimum Gasteiger partial charge on any atom is -0.360 e. The molecule has 2 saturated carbocycles. The fraction of sp³-hybridized carbons (Fsp3) is 0.500. The summed E-state index contributed by atoms with van der Waals surface area (Å²) in [5.74, 6) is 0.268. The molecular weight excluding hydrogens is 366 g/mol. The second-order valence-corrected chi connectivity index (χ2v) is 7.61. The van der Waals surface area contributed by atoms with Gasteiger partial charge in [-0.3, -0.25) is 19.4 Å². The van der Waals surface area contributed by atoms with E-state index in [0.717, 1.165) is 18.5 Å². The van der Waals surface area contributed by atoms with E-state index < -0.39 is 16.7 Å². The van der Waals surface area contributed by atoms with Gasteiger partial charge in [-0.05, 0) is 32.6 Å². The minimum absolute atomic E-state index is 0.00123. The molecule has 0 saturated heterocycles. The third-order valence-electron chi connectivity index (χ3n) is 5.29. The molecule has 0 aromatic carbocycles. The van der Waals surface area contributed by atoms with Crippen LogP contribution in [0.25, 0.3) is 0 Å². The molecule has 0 bridgehead atoms. The van der Waals surface area contributed by atoms with Gasteiger partial charge in [0, 0.05) is 29.9 Å². The number of carbonyl (C=O) groups excluding carboxylic acids is 2. The van der Waals surface area contributed by atoms with Crippen LogP contribution in [0.1, 0.15) is 42.8 Å². The summed E-state index contributed by atoms with van der Waals surface area (Å²) in [6.07, 6.45) is 2.67.